The van der Waals surface area contributed by atoms with Gasteiger partial charge in [-0.1, -0.05) is 43.2 Å². The largest absolute Gasteiger partial charge is 0.296 e. The molecule has 1 saturated carbocycles. The van der Waals surface area contributed by atoms with Gasteiger partial charge in [0.1, 0.15) is 0 Å². The van der Waals surface area contributed by atoms with E-state index in [1.54, 1.807) is 24.3 Å². The molecule has 2 bridgehead atoms. The molecule has 0 N–H and O–H groups in total. The van der Waals surface area contributed by atoms with Crippen molar-refractivity contribution in [1.82, 2.24) is 0 Å². The van der Waals surface area contributed by atoms with Crippen molar-refractivity contribution in [2.75, 3.05) is 6.61 Å². The smallest absolute Gasteiger partial charge is 0.266 e. The van der Waals surface area contributed by atoms with E-state index in [4.69, 9.17) is 4.18 Å². The highest BCUT2D eigenvalue weighted by Crippen LogP contribution is 2.59. The van der Waals surface area contributed by atoms with E-state index >= 15 is 0 Å². The van der Waals surface area contributed by atoms with E-state index < -0.39 is 10.1 Å². The van der Waals surface area contributed by atoms with E-state index in [9.17, 15) is 8.42 Å². The Kier molecular flexibility index (Phi) is 3.94. The third kappa shape index (κ3) is 2.74. The summed E-state index contributed by atoms with van der Waals surface area (Å²) in [6.07, 6.45) is 5.39. The molecule has 0 aliphatic heterocycles. The first-order valence-electron chi connectivity index (χ1n) is 7.96. The van der Waals surface area contributed by atoms with E-state index in [0.717, 1.165) is 17.9 Å². The van der Waals surface area contributed by atoms with E-state index in [-0.39, 0.29) is 11.5 Å². The van der Waals surface area contributed by atoms with Crippen molar-refractivity contribution in [2.24, 2.45) is 17.3 Å². The summed E-state index contributed by atoms with van der Waals surface area (Å²) < 4.78 is 29.5. The molecule has 1 fully saturated rings. The maximum absolute atomic E-state index is 12.2. The summed E-state index contributed by atoms with van der Waals surface area (Å²) in [5, 5.41) is 0. The second kappa shape index (κ2) is 5.50. The van der Waals surface area contributed by atoms with Gasteiger partial charge in [-0.05, 0) is 55.6 Å². The van der Waals surface area contributed by atoms with Crippen LogP contribution in [0.1, 0.15) is 38.7 Å². The molecule has 3 aliphatic rings. The Balaban J connectivity index is 1.59. The molecule has 0 spiro atoms. The summed E-state index contributed by atoms with van der Waals surface area (Å²) in [7, 11) is -3.64. The molecule has 1 aromatic rings. The number of rotatable bonds is 5. The minimum atomic E-state index is -3.64. The summed E-state index contributed by atoms with van der Waals surface area (Å²) in [5.74, 6) is 1.41. The molecule has 1 aromatic carbocycles. The highest BCUT2D eigenvalue weighted by atomic mass is 32.2. The van der Waals surface area contributed by atoms with Crippen molar-refractivity contribution < 1.29 is 12.6 Å². The summed E-state index contributed by atoms with van der Waals surface area (Å²) in [6, 6.07) is 6.78. The zero-order valence-electron chi connectivity index (χ0n) is 13.5. The molecule has 4 rings (SSSR count). The molecule has 0 radical (unpaired) electrons. The van der Waals surface area contributed by atoms with Crippen LogP contribution in [0.25, 0.3) is 0 Å². The van der Waals surface area contributed by atoms with Crippen molar-refractivity contribution in [1.29, 1.82) is 0 Å². The molecule has 3 nitrogen and oxygen atoms in total. The highest BCUT2D eigenvalue weighted by molar-refractivity contribution is 7.86. The lowest BCUT2D eigenvalue weighted by Crippen LogP contribution is -2.48. The van der Waals surface area contributed by atoms with Gasteiger partial charge in [-0.15, -0.1) is 0 Å². The van der Waals surface area contributed by atoms with Crippen LogP contribution in [0.2, 0.25) is 0 Å². The van der Waals surface area contributed by atoms with Crippen LogP contribution < -0.4 is 0 Å². The fourth-order valence-corrected chi connectivity index (χ4v) is 4.71. The molecule has 0 amide bonds. The van der Waals surface area contributed by atoms with Gasteiger partial charge in [0, 0.05) is 0 Å². The maximum Gasteiger partial charge on any atom is 0.296 e. The second-order valence-corrected chi connectivity index (χ2v) is 8.78. The first kappa shape index (κ1) is 15.8. The number of aryl methyl sites for hydroxylation is 1. The van der Waals surface area contributed by atoms with Gasteiger partial charge in [0.2, 0.25) is 0 Å². The Morgan fingerprint density at radius 3 is 2.50 bits per heavy atom. The summed E-state index contributed by atoms with van der Waals surface area (Å²) in [5.41, 5.74) is 2.79. The van der Waals surface area contributed by atoms with Crippen LogP contribution in [0.3, 0.4) is 0 Å². The fraction of sp³-hybridized carbons (Fsp3) is 0.556. The van der Waals surface area contributed by atoms with Crippen molar-refractivity contribution >= 4 is 10.1 Å². The third-order valence-electron chi connectivity index (χ3n) is 5.52. The van der Waals surface area contributed by atoms with Crippen LogP contribution in [0.15, 0.2) is 40.8 Å². The molecule has 0 saturated heterocycles. The summed E-state index contributed by atoms with van der Waals surface area (Å²) in [4.78, 5) is 0.236. The van der Waals surface area contributed by atoms with Crippen molar-refractivity contribution in [3.05, 3.63) is 41.5 Å². The zero-order valence-corrected chi connectivity index (χ0v) is 14.3. The molecule has 3 aliphatic carbocycles. The van der Waals surface area contributed by atoms with Crippen molar-refractivity contribution in [2.45, 2.75) is 44.9 Å². The fourth-order valence-electron chi connectivity index (χ4n) is 3.80. The van der Waals surface area contributed by atoms with Crippen molar-refractivity contribution in [3.63, 3.8) is 0 Å². The maximum atomic E-state index is 12.2. The SMILES string of the molecule is Cc1ccc(S(=O)(=O)OCCC2=CC[C@@H]3C[C@@H]2C3(C)C)cc1. The van der Waals surface area contributed by atoms with E-state index in [0.29, 0.717) is 17.8 Å². The third-order valence-corrected chi connectivity index (χ3v) is 6.85. The van der Waals surface area contributed by atoms with Crippen LogP contribution in [0.4, 0.5) is 0 Å². The lowest BCUT2D eigenvalue weighted by Gasteiger charge is -2.56. The van der Waals surface area contributed by atoms with Crippen LogP contribution in [-0.4, -0.2) is 15.0 Å². The van der Waals surface area contributed by atoms with Crippen LogP contribution in [-0.2, 0) is 14.3 Å². The normalized spacial score (nSPS) is 26.2. The zero-order chi connectivity index (χ0) is 16.0. The number of benzene rings is 1. The molecule has 4 heteroatoms. The topological polar surface area (TPSA) is 43.4 Å². The Labute approximate surface area is 133 Å². The van der Waals surface area contributed by atoms with Gasteiger partial charge >= 0.3 is 0 Å². The van der Waals surface area contributed by atoms with Gasteiger partial charge in [-0.2, -0.15) is 8.42 Å². The molecule has 0 aromatic heterocycles. The minimum Gasteiger partial charge on any atom is -0.266 e. The molecule has 0 unspecified atom stereocenters. The molecule has 2 atom stereocenters. The van der Waals surface area contributed by atoms with Gasteiger partial charge in [0.25, 0.3) is 10.1 Å². The number of hydrogen-bond acceptors (Lipinski definition) is 3. The average Bonchev–Trinajstić information content (AvgIpc) is 2.47. The Morgan fingerprint density at radius 1 is 1.23 bits per heavy atom. The predicted molar refractivity (Wildman–Crippen MR) is 87.0 cm³/mol. The quantitative estimate of drug-likeness (QED) is 0.606. The summed E-state index contributed by atoms with van der Waals surface area (Å²) in [6.45, 7) is 6.81. The monoisotopic (exact) mass is 320 g/mol. The molecule has 0 heterocycles. The molecule has 22 heavy (non-hydrogen) atoms. The number of allylic oxidation sites excluding steroid dienone is 1. The lowest BCUT2D eigenvalue weighted by molar-refractivity contribution is -0.00910. The Bertz CT molecular complexity index is 684. The van der Waals surface area contributed by atoms with E-state index in [1.807, 2.05) is 6.92 Å². The standard InChI is InChI=1S/C18H24O3S/c1-13-4-8-16(9-5-13)22(19,20)21-11-10-14-6-7-15-12-17(14)18(15,2)3/h4-6,8-9,15,17H,7,10-12H2,1-3H3/t15-,17+/m1/s1. The predicted octanol–water partition coefficient (Wildman–Crippen LogP) is 4.08. The van der Waals surface area contributed by atoms with Crippen LogP contribution in [0.5, 0.6) is 0 Å². The average molecular weight is 320 g/mol. The van der Waals surface area contributed by atoms with Gasteiger partial charge < -0.3 is 0 Å². The van der Waals surface area contributed by atoms with Gasteiger partial charge in [-0.3, -0.25) is 4.18 Å². The van der Waals surface area contributed by atoms with Crippen LogP contribution in [0, 0.1) is 24.2 Å². The molecule has 120 valence electrons. The first-order chi connectivity index (χ1) is 10.3. The van der Waals surface area contributed by atoms with E-state index in [2.05, 4.69) is 19.9 Å². The molecular formula is C18H24O3S. The lowest BCUT2D eigenvalue weighted by atomic mass is 9.48. The summed E-state index contributed by atoms with van der Waals surface area (Å²) >= 11 is 0. The van der Waals surface area contributed by atoms with E-state index in [1.165, 1.54) is 12.0 Å². The van der Waals surface area contributed by atoms with Crippen LogP contribution >= 0.6 is 0 Å². The number of fused-ring (bicyclic) bond motifs is 1. The Morgan fingerprint density at radius 2 is 1.91 bits per heavy atom. The van der Waals surface area contributed by atoms with Gasteiger partial charge in [0.05, 0.1) is 11.5 Å². The van der Waals surface area contributed by atoms with Gasteiger partial charge in [-0.25, -0.2) is 0 Å². The van der Waals surface area contributed by atoms with Crippen molar-refractivity contribution in [3.8, 4) is 0 Å². The van der Waals surface area contributed by atoms with Gasteiger partial charge in [0.15, 0.2) is 0 Å². The second-order valence-electron chi connectivity index (χ2n) is 7.16. The minimum absolute atomic E-state index is 0.235. The highest BCUT2D eigenvalue weighted by Gasteiger charge is 2.50. The molecular weight excluding hydrogens is 296 g/mol. The first-order valence-corrected chi connectivity index (χ1v) is 9.36. The Hall–Kier alpha value is -1.13. The number of hydrogen-bond donors (Lipinski definition) is 0.